The van der Waals surface area contributed by atoms with Crippen LogP contribution in [0.25, 0.3) is 0 Å². The molecular formula is C13H18ClN3O. The van der Waals surface area contributed by atoms with Crippen LogP contribution in [0.2, 0.25) is 5.02 Å². The molecule has 1 aromatic heterocycles. The van der Waals surface area contributed by atoms with Crippen LogP contribution in [-0.2, 0) is 0 Å². The molecule has 1 saturated heterocycles. The molecule has 1 atom stereocenters. The van der Waals surface area contributed by atoms with E-state index in [4.69, 9.17) is 17.3 Å². The number of anilines is 1. The molecule has 1 amide bonds. The zero-order chi connectivity index (χ0) is 13.3. The number of hydrogen-bond acceptors (Lipinski definition) is 3. The number of carbonyl (C=O) groups is 1. The molecule has 1 aliphatic heterocycles. The van der Waals surface area contributed by atoms with Gasteiger partial charge >= 0.3 is 0 Å². The number of carbonyl (C=O) groups excluding carboxylic acids is 1. The van der Waals surface area contributed by atoms with Crippen LogP contribution in [0.4, 0.5) is 5.82 Å². The van der Waals surface area contributed by atoms with Crippen molar-refractivity contribution in [1.29, 1.82) is 0 Å². The number of likely N-dealkylation sites (tertiary alicyclic amines) is 1. The Bertz CT molecular complexity index is 462. The maximum atomic E-state index is 12.3. The SMILES string of the molecule is CC(C)C1CCN(C(=O)c2nc(N)ccc2Cl)C1. The van der Waals surface area contributed by atoms with Gasteiger partial charge in [-0.1, -0.05) is 25.4 Å². The number of hydrogen-bond donors (Lipinski definition) is 1. The van der Waals surface area contributed by atoms with E-state index in [1.807, 2.05) is 4.90 Å². The molecule has 0 aromatic carbocycles. The summed E-state index contributed by atoms with van der Waals surface area (Å²) in [5.74, 6) is 1.36. The molecular weight excluding hydrogens is 250 g/mol. The first-order chi connectivity index (χ1) is 8.49. The fourth-order valence-corrected chi connectivity index (χ4v) is 2.46. The van der Waals surface area contributed by atoms with Gasteiger partial charge in [0.15, 0.2) is 0 Å². The average molecular weight is 268 g/mol. The highest BCUT2D eigenvalue weighted by Crippen LogP contribution is 2.26. The molecule has 5 heteroatoms. The molecule has 2 N–H and O–H groups in total. The van der Waals surface area contributed by atoms with E-state index in [0.717, 1.165) is 19.5 Å². The molecule has 2 heterocycles. The van der Waals surface area contributed by atoms with Gasteiger partial charge in [-0.2, -0.15) is 0 Å². The molecule has 18 heavy (non-hydrogen) atoms. The van der Waals surface area contributed by atoms with Crippen molar-refractivity contribution < 1.29 is 4.79 Å². The van der Waals surface area contributed by atoms with Crippen molar-refractivity contribution in [2.75, 3.05) is 18.8 Å². The summed E-state index contributed by atoms with van der Waals surface area (Å²) in [7, 11) is 0. The largest absolute Gasteiger partial charge is 0.384 e. The van der Waals surface area contributed by atoms with Crippen LogP contribution in [0.1, 0.15) is 30.8 Å². The Hall–Kier alpha value is -1.29. The van der Waals surface area contributed by atoms with Gasteiger partial charge in [0.2, 0.25) is 0 Å². The van der Waals surface area contributed by atoms with E-state index in [1.54, 1.807) is 12.1 Å². The topological polar surface area (TPSA) is 59.2 Å². The third-order valence-corrected chi connectivity index (χ3v) is 3.83. The fourth-order valence-electron chi connectivity index (χ4n) is 2.27. The van der Waals surface area contributed by atoms with Gasteiger partial charge in [-0.25, -0.2) is 4.98 Å². The molecule has 0 spiro atoms. The number of nitrogen functional groups attached to an aromatic ring is 1. The van der Waals surface area contributed by atoms with E-state index in [9.17, 15) is 4.79 Å². The highest BCUT2D eigenvalue weighted by atomic mass is 35.5. The Morgan fingerprint density at radius 1 is 1.56 bits per heavy atom. The van der Waals surface area contributed by atoms with Gasteiger partial charge in [-0.3, -0.25) is 4.79 Å². The molecule has 0 radical (unpaired) electrons. The van der Waals surface area contributed by atoms with Gasteiger partial charge in [0.1, 0.15) is 11.5 Å². The second-order valence-corrected chi connectivity index (χ2v) is 5.52. The van der Waals surface area contributed by atoms with Crippen LogP contribution in [0, 0.1) is 11.8 Å². The summed E-state index contributed by atoms with van der Waals surface area (Å²) in [6.07, 6.45) is 1.04. The van der Waals surface area contributed by atoms with Crippen molar-refractivity contribution in [3.05, 3.63) is 22.8 Å². The Labute approximate surface area is 112 Å². The third kappa shape index (κ3) is 2.58. The van der Waals surface area contributed by atoms with Crippen molar-refractivity contribution in [2.45, 2.75) is 20.3 Å². The number of nitrogens with two attached hydrogens (primary N) is 1. The molecule has 1 fully saturated rings. The van der Waals surface area contributed by atoms with Gasteiger partial charge in [0.25, 0.3) is 5.91 Å². The van der Waals surface area contributed by atoms with Gasteiger partial charge in [0.05, 0.1) is 5.02 Å². The van der Waals surface area contributed by atoms with E-state index in [2.05, 4.69) is 18.8 Å². The molecule has 1 aromatic rings. The minimum atomic E-state index is -0.115. The number of pyridine rings is 1. The summed E-state index contributed by atoms with van der Waals surface area (Å²) in [6, 6.07) is 3.22. The number of nitrogens with zero attached hydrogens (tertiary/aromatic N) is 2. The quantitative estimate of drug-likeness (QED) is 0.895. The molecule has 0 aliphatic carbocycles. The van der Waals surface area contributed by atoms with Crippen molar-refractivity contribution >= 4 is 23.3 Å². The normalized spacial score (nSPS) is 19.6. The highest BCUT2D eigenvalue weighted by Gasteiger charge is 2.30. The zero-order valence-corrected chi connectivity index (χ0v) is 11.4. The van der Waals surface area contributed by atoms with Crippen LogP contribution >= 0.6 is 11.6 Å². The van der Waals surface area contributed by atoms with Crippen molar-refractivity contribution in [3.63, 3.8) is 0 Å². The summed E-state index contributed by atoms with van der Waals surface area (Å²) in [4.78, 5) is 18.2. The zero-order valence-electron chi connectivity index (χ0n) is 10.7. The predicted octanol–water partition coefficient (Wildman–Crippen LogP) is 2.44. The van der Waals surface area contributed by atoms with Crippen molar-refractivity contribution in [3.8, 4) is 0 Å². The number of aromatic nitrogens is 1. The van der Waals surface area contributed by atoms with Gasteiger partial charge in [-0.15, -0.1) is 0 Å². The first-order valence-corrected chi connectivity index (χ1v) is 6.58. The molecule has 1 unspecified atom stereocenters. The Morgan fingerprint density at radius 2 is 2.28 bits per heavy atom. The van der Waals surface area contributed by atoms with Crippen LogP contribution in [0.15, 0.2) is 12.1 Å². The van der Waals surface area contributed by atoms with Gasteiger partial charge in [-0.05, 0) is 30.4 Å². The third-order valence-electron chi connectivity index (χ3n) is 3.52. The van der Waals surface area contributed by atoms with Crippen LogP contribution in [0.3, 0.4) is 0 Å². The average Bonchev–Trinajstić information content (AvgIpc) is 2.81. The van der Waals surface area contributed by atoms with Crippen molar-refractivity contribution in [1.82, 2.24) is 9.88 Å². The smallest absolute Gasteiger partial charge is 0.274 e. The first-order valence-electron chi connectivity index (χ1n) is 6.20. The lowest BCUT2D eigenvalue weighted by atomic mass is 9.95. The second-order valence-electron chi connectivity index (χ2n) is 5.11. The monoisotopic (exact) mass is 267 g/mol. The van der Waals surface area contributed by atoms with Crippen molar-refractivity contribution in [2.24, 2.45) is 11.8 Å². The van der Waals surface area contributed by atoms with E-state index in [1.165, 1.54) is 0 Å². The minimum absolute atomic E-state index is 0.115. The lowest BCUT2D eigenvalue weighted by molar-refractivity contribution is 0.0778. The van der Waals surface area contributed by atoms with Crippen LogP contribution in [-0.4, -0.2) is 28.9 Å². The molecule has 4 nitrogen and oxygen atoms in total. The molecule has 98 valence electrons. The summed E-state index contributed by atoms with van der Waals surface area (Å²) in [6.45, 7) is 5.92. The standard InChI is InChI=1S/C13H18ClN3O/c1-8(2)9-5-6-17(7-9)13(18)12-10(14)3-4-11(15)16-12/h3-4,8-9H,5-7H2,1-2H3,(H2,15,16). The van der Waals surface area contributed by atoms with Gasteiger partial charge in [0, 0.05) is 13.1 Å². The number of halogens is 1. The Balaban J connectivity index is 2.15. The Morgan fingerprint density at radius 3 is 2.89 bits per heavy atom. The highest BCUT2D eigenvalue weighted by molar-refractivity contribution is 6.33. The lowest BCUT2D eigenvalue weighted by Gasteiger charge is -2.18. The Kier molecular flexibility index (Phi) is 3.76. The molecule has 1 aliphatic rings. The van der Waals surface area contributed by atoms with E-state index in [-0.39, 0.29) is 11.6 Å². The van der Waals surface area contributed by atoms with E-state index in [0.29, 0.717) is 22.7 Å². The van der Waals surface area contributed by atoms with E-state index >= 15 is 0 Å². The number of amides is 1. The summed E-state index contributed by atoms with van der Waals surface area (Å²) in [5, 5.41) is 0.363. The van der Waals surface area contributed by atoms with Crippen LogP contribution in [0.5, 0.6) is 0 Å². The molecule has 0 bridgehead atoms. The first kappa shape index (κ1) is 13.1. The summed E-state index contributed by atoms with van der Waals surface area (Å²) >= 11 is 6.00. The predicted molar refractivity (Wildman–Crippen MR) is 72.5 cm³/mol. The van der Waals surface area contributed by atoms with E-state index < -0.39 is 0 Å². The number of rotatable bonds is 2. The maximum Gasteiger partial charge on any atom is 0.274 e. The molecule has 0 saturated carbocycles. The lowest BCUT2D eigenvalue weighted by Crippen LogP contribution is -2.30. The fraction of sp³-hybridized carbons (Fsp3) is 0.538. The maximum absolute atomic E-state index is 12.3. The summed E-state index contributed by atoms with van der Waals surface area (Å²) in [5.41, 5.74) is 5.86. The molecule has 2 rings (SSSR count). The minimum Gasteiger partial charge on any atom is -0.384 e. The van der Waals surface area contributed by atoms with Gasteiger partial charge < -0.3 is 10.6 Å². The second kappa shape index (κ2) is 5.14. The summed E-state index contributed by atoms with van der Waals surface area (Å²) < 4.78 is 0. The van der Waals surface area contributed by atoms with Crippen LogP contribution < -0.4 is 5.73 Å².